The van der Waals surface area contributed by atoms with E-state index >= 15 is 0 Å². The molecule has 0 heterocycles. The standard InChI is InChI=1S/C17H18N2O5/c1-2-24-16-6-4-3-5-14(16)17(21)18-11-15(20)12-7-9-13(10-8-12)19(22)23/h3-10,15,20H,2,11H2,1H3,(H,18,21). The van der Waals surface area contributed by atoms with Crippen molar-refractivity contribution in [3.05, 3.63) is 69.8 Å². The van der Waals surface area contributed by atoms with Crippen molar-refractivity contribution in [2.75, 3.05) is 13.2 Å². The Morgan fingerprint density at radius 3 is 2.54 bits per heavy atom. The number of rotatable bonds is 7. The minimum absolute atomic E-state index is 0.0168. The van der Waals surface area contributed by atoms with E-state index in [0.29, 0.717) is 23.5 Å². The number of para-hydroxylation sites is 1. The third-order valence-corrected chi connectivity index (χ3v) is 3.38. The Labute approximate surface area is 139 Å². The maximum absolute atomic E-state index is 12.2. The molecule has 7 heteroatoms. The van der Waals surface area contributed by atoms with Crippen LogP contribution in [-0.4, -0.2) is 29.1 Å². The van der Waals surface area contributed by atoms with Gasteiger partial charge in [-0.15, -0.1) is 0 Å². The molecule has 1 amide bonds. The molecule has 126 valence electrons. The molecule has 0 aliphatic heterocycles. The molecular weight excluding hydrogens is 312 g/mol. The van der Waals surface area contributed by atoms with Crippen LogP contribution in [0.1, 0.15) is 28.9 Å². The van der Waals surface area contributed by atoms with E-state index < -0.39 is 11.0 Å². The first-order chi connectivity index (χ1) is 11.5. The molecule has 0 bridgehead atoms. The predicted octanol–water partition coefficient (Wildman–Crippen LogP) is 2.46. The topological polar surface area (TPSA) is 102 Å². The summed E-state index contributed by atoms with van der Waals surface area (Å²) in [5.74, 6) is 0.113. The first kappa shape index (κ1) is 17.4. The molecule has 1 unspecified atom stereocenters. The van der Waals surface area contributed by atoms with Crippen LogP contribution in [0.15, 0.2) is 48.5 Å². The van der Waals surface area contributed by atoms with E-state index in [4.69, 9.17) is 4.74 Å². The SMILES string of the molecule is CCOc1ccccc1C(=O)NCC(O)c1ccc([N+](=O)[O-])cc1. The van der Waals surface area contributed by atoms with Gasteiger partial charge in [-0.3, -0.25) is 14.9 Å². The largest absolute Gasteiger partial charge is 0.493 e. The first-order valence-electron chi connectivity index (χ1n) is 7.45. The van der Waals surface area contributed by atoms with E-state index in [0.717, 1.165) is 0 Å². The number of non-ortho nitro benzene ring substituents is 1. The van der Waals surface area contributed by atoms with E-state index in [1.54, 1.807) is 24.3 Å². The maximum atomic E-state index is 12.2. The lowest BCUT2D eigenvalue weighted by Crippen LogP contribution is -2.28. The van der Waals surface area contributed by atoms with E-state index in [1.165, 1.54) is 24.3 Å². The van der Waals surface area contributed by atoms with Crippen LogP contribution in [0.5, 0.6) is 5.75 Å². The number of hydrogen-bond acceptors (Lipinski definition) is 5. The highest BCUT2D eigenvalue weighted by atomic mass is 16.6. The fourth-order valence-electron chi connectivity index (χ4n) is 2.16. The van der Waals surface area contributed by atoms with Gasteiger partial charge < -0.3 is 15.2 Å². The number of amides is 1. The molecule has 0 radical (unpaired) electrons. The third kappa shape index (κ3) is 4.30. The number of nitro groups is 1. The second-order valence-electron chi connectivity index (χ2n) is 5.00. The van der Waals surface area contributed by atoms with Gasteiger partial charge in [0.25, 0.3) is 11.6 Å². The Morgan fingerprint density at radius 2 is 1.92 bits per heavy atom. The number of benzene rings is 2. The summed E-state index contributed by atoms with van der Waals surface area (Å²) in [6.07, 6.45) is -0.964. The molecule has 0 aliphatic rings. The van der Waals surface area contributed by atoms with Gasteiger partial charge in [-0.05, 0) is 36.8 Å². The lowest BCUT2D eigenvalue weighted by molar-refractivity contribution is -0.384. The maximum Gasteiger partial charge on any atom is 0.269 e. The van der Waals surface area contributed by atoms with Gasteiger partial charge in [0.1, 0.15) is 5.75 Å². The van der Waals surface area contributed by atoms with Crippen LogP contribution in [0.4, 0.5) is 5.69 Å². The Bertz CT molecular complexity index is 715. The molecule has 0 spiro atoms. The number of nitro benzene ring substituents is 1. The fraction of sp³-hybridized carbons (Fsp3) is 0.235. The lowest BCUT2D eigenvalue weighted by Gasteiger charge is -2.14. The average Bonchev–Trinajstić information content (AvgIpc) is 2.60. The number of aliphatic hydroxyl groups excluding tert-OH is 1. The molecule has 0 saturated heterocycles. The van der Waals surface area contributed by atoms with Gasteiger partial charge in [0.15, 0.2) is 0 Å². The Balaban J connectivity index is 1.99. The molecule has 2 N–H and O–H groups in total. The van der Waals surface area contributed by atoms with Gasteiger partial charge in [-0.25, -0.2) is 0 Å². The van der Waals surface area contributed by atoms with Crippen LogP contribution in [0, 0.1) is 10.1 Å². The molecule has 2 rings (SSSR count). The number of aliphatic hydroxyl groups is 1. The Hall–Kier alpha value is -2.93. The van der Waals surface area contributed by atoms with E-state index in [9.17, 15) is 20.0 Å². The van der Waals surface area contributed by atoms with E-state index in [2.05, 4.69) is 5.32 Å². The second-order valence-corrected chi connectivity index (χ2v) is 5.00. The number of nitrogens with zero attached hydrogens (tertiary/aromatic N) is 1. The fourth-order valence-corrected chi connectivity index (χ4v) is 2.16. The zero-order valence-electron chi connectivity index (χ0n) is 13.1. The molecule has 7 nitrogen and oxygen atoms in total. The van der Waals surface area contributed by atoms with Crippen molar-refractivity contribution in [3.8, 4) is 5.75 Å². The molecule has 2 aromatic carbocycles. The van der Waals surface area contributed by atoms with Crippen molar-refractivity contribution in [2.24, 2.45) is 0 Å². The van der Waals surface area contributed by atoms with Crippen molar-refractivity contribution in [1.82, 2.24) is 5.32 Å². The first-order valence-corrected chi connectivity index (χ1v) is 7.45. The van der Waals surface area contributed by atoms with Crippen LogP contribution < -0.4 is 10.1 Å². The predicted molar refractivity (Wildman–Crippen MR) is 88.0 cm³/mol. The smallest absolute Gasteiger partial charge is 0.269 e. The highest BCUT2D eigenvalue weighted by Gasteiger charge is 2.15. The quantitative estimate of drug-likeness (QED) is 0.600. The monoisotopic (exact) mass is 330 g/mol. The number of carbonyl (C=O) groups excluding carboxylic acids is 1. The van der Waals surface area contributed by atoms with Crippen molar-refractivity contribution < 1.29 is 19.6 Å². The minimum Gasteiger partial charge on any atom is -0.493 e. The number of nitrogens with one attached hydrogen (secondary N) is 1. The number of hydrogen-bond donors (Lipinski definition) is 2. The molecule has 0 saturated carbocycles. The van der Waals surface area contributed by atoms with Crippen molar-refractivity contribution in [2.45, 2.75) is 13.0 Å². The van der Waals surface area contributed by atoms with Crippen LogP contribution in [0.2, 0.25) is 0 Å². The second kappa shape index (κ2) is 8.07. The van der Waals surface area contributed by atoms with Crippen LogP contribution in [-0.2, 0) is 0 Å². The lowest BCUT2D eigenvalue weighted by atomic mass is 10.1. The summed E-state index contributed by atoms with van der Waals surface area (Å²) < 4.78 is 5.40. The molecule has 0 aliphatic carbocycles. The molecule has 0 fully saturated rings. The normalized spacial score (nSPS) is 11.6. The summed E-state index contributed by atoms with van der Waals surface area (Å²) in [5.41, 5.74) is 0.815. The van der Waals surface area contributed by atoms with Crippen molar-refractivity contribution >= 4 is 11.6 Å². The van der Waals surface area contributed by atoms with Crippen LogP contribution >= 0.6 is 0 Å². The van der Waals surface area contributed by atoms with Crippen molar-refractivity contribution in [1.29, 1.82) is 0 Å². The van der Waals surface area contributed by atoms with Crippen LogP contribution in [0.3, 0.4) is 0 Å². The van der Waals surface area contributed by atoms with E-state index in [-0.39, 0.29) is 18.1 Å². The van der Waals surface area contributed by atoms with Gasteiger partial charge in [0.05, 0.1) is 23.2 Å². The van der Waals surface area contributed by atoms with Gasteiger partial charge in [-0.1, -0.05) is 12.1 Å². The Kier molecular flexibility index (Phi) is 5.86. The minimum atomic E-state index is -0.964. The zero-order valence-corrected chi connectivity index (χ0v) is 13.1. The van der Waals surface area contributed by atoms with Gasteiger partial charge in [0, 0.05) is 18.7 Å². The summed E-state index contributed by atoms with van der Waals surface area (Å²) >= 11 is 0. The molecular formula is C17H18N2O5. The van der Waals surface area contributed by atoms with Crippen LogP contribution in [0.25, 0.3) is 0 Å². The molecule has 0 aromatic heterocycles. The molecule has 1 atom stereocenters. The van der Waals surface area contributed by atoms with Crippen molar-refractivity contribution in [3.63, 3.8) is 0 Å². The third-order valence-electron chi connectivity index (χ3n) is 3.38. The Morgan fingerprint density at radius 1 is 1.25 bits per heavy atom. The van der Waals surface area contributed by atoms with E-state index in [1.807, 2.05) is 6.92 Å². The molecule has 2 aromatic rings. The zero-order chi connectivity index (χ0) is 17.5. The number of carbonyl (C=O) groups is 1. The van der Waals surface area contributed by atoms with Gasteiger partial charge in [0.2, 0.25) is 0 Å². The van der Waals surface area contributed by atoms with Gasteiger partial charge in [-0.2, -0.15) is 0 Å². The highest BCUT2D eigenvalue weighted by molar-refractivity contribution is 5.96. The number of ether oxygens (including phenoxy) is 1. The summed E-state index contributed by atoms with van der Waals surface area (Å²) in [7, 11) is 0. The summed E-state index contributed by atoms with van der Waals surface area (Å²) in [6.45, 7) is 2.25. The summed E-state index contributed by atoms with van der Waals surface area (Å²) in [5, 5.41) is 23.3. The molecule has 24 heavy (non-hydrogen) atoms. The highest BCUT2D eigenvalue weighted by Crippen LogP contribution is 2.19. The van der Waals surface area contributed by atoms with Gasteiger partial charge >= 0.3 is 0 Å². The summed E-state index contributed by atoms with van der Waals surface area (Å²) in [6, 6.07) is 12.4. The average molecular weight is 330 g/mol. The summed E-state index contributed by atoms with van der Waals surface area (Å²) in [4.78, 5) is 22.3.